The SMILES string of the molecule is Cl.Cl.Nc1cccc(-c2cn[nH]c2)c1. The van der Waals surface area contributed by atoms with Gasteiger partial charge in [0.15, 0.2) is 0 Å². The summed E-state index contributed by atoms with van der Waals surface area (Å²) in [6, 6.07) is 7.72. The Bertz CT molecular complexity index is 373. The minimum absolute atomic E-state index is 0. The predicted octanol–water partition coefficient (Wildman–Crippen LogP) is 2.50. The number of hydrogen-bond acceptors (Lipinski definition) is 2. The molecule has 14 heavy (non-hydrogen) atoms. The van der Waals surface area contributed by atoms with Gasteiger partial charge in [-0.05, 0) is 17.7 Å². The fourth-order valence-corrected chi connectivity index (χ4v) is 1.13. The van der Waals surface area contributed by atoms with E-state index in [1.54, 1.807) is 6.20 Å². The van der Waals surface area contributed by atoms with Crippen LogP contribution in [0.3, 0.4) is 0 Å². The molecule has 1 aromatic heterocycles. The first-order valence-corrected chi connectivity index (χ1v) is 3.71. The molecule has 0 atom stereocenters. The summed E-state index contributed by atoms with van der Waals surface area (Å²) in [5.74, 6) is 0. The van der Waals surface area contributed by atoms with Crippen LogP contribution in [-0.2, 0) is 0 Å². The van der Waals surface area contributed by atoms with Gasteiger partial charge in [0.25, 0.3) is 0 Å². The van der Waals surface area contributed by atoms with Crippen LogP contribution in [0, 0.1) is 0 Å². The summed E-state index contributed by atoms with van der Waals surface area (Å²) in [6.45, 7) is 0. The molecule has 76 valence electrons. The fourth-order valence-electron chi connectivity index (χ4n) is 1.13. The molecule has 1 heterocycles. The Hall–Kier alpha value is -1.19. The van der Waals surface area contributed by atoms with E-state index in [1.807, 2.05) is 30.5 Å². The molecular weight excluding hydrogens is 221 g/mol. The summed E-state index contributed by atoms with van der Waals surface area (Å²) < 4.78 is 0. The Balaban J connectivity index is 0.000000845. The smallest absolute Gasteiger partial charge is 0.0565 e. The maximum atomic E-state index is 5.63. The largest absolute Gasteiger partial charge is 0.399 e. The van der Waals surface area contributed by atoms with E-state index in [4.69, 9.17) is 5.73 Å². The van der Waals surface area contributed by atoms with E-state index in [1.165, 1.54) is 0 Å². The fraction of sp³-hybridized carbons (Fsp3) is 0. The molecule has 0 unspecified atom stereocenters. The molecule has 0 saturated heterocycles. The van der Waals surface area contributed by atoms with Gasteiger partial charge in [-0.1, -0.05) is 12.1 Å². The third kappa shape index (κ3) is 2.65. The van der Waals surface area contributed by atoms with E-state index in [9.17, 15) is 0 Å². The zero-order valence-corrected chi connectivity index (χ0v) is 8.94. The first kappa shape index (κ1) is 12.8. The van der Waals surface area contributed by atoms with Crippen molar-refractivity contribution in [1.29, 1.82) is 0 Å². The third-order valence-corrected chi connectivity index (χ3v) is 1.72. The average Bonchev–Trinajstić information content (AvgIpc) is 2.56. The standard InChI is InChI=1S/C9H9N3.2ClH/c10-9-3-1-2-7(4-9)8-5-11-12-6-8;;/h1-6H,10H2,(H,11,12);2*1H. The lowest BCUT2D eigenvalue weighted by Gasteiger charge is -1.97. The van der Waals surface area contributed by atoms with Gasteiger partial charge in [0.05, 0.1) is 6.20 Å². The first-order chi connectivity index (χ1) is 5.86. The molecule has 0 spiro atoms. The number of nitrogens with zero attached hydrogens (tertiary/aromatic N) is 1. The summed E-state index contributed by atoms with van der Waals surface area (Å²) in [5, 5.41) is 6.62. The van der Waals surface area contributed by atoms with Gasteiger partial charge in [-0.2, -0.15) is 5.10 Å². The number of anilines is 1. The Kier molecular flexibility index (Phi) is 5.05. The van der Waals surface area contributed by atoms with Gasteiger partial charge >= 0.3 is 0 Å². The van der Waals surface area contributed by atoms with Crippen molar-refractivity contribution in [3.63, 3.8) is 0 Å². The maximum absolute atomic E-state index is 5.63. The highest BCUT2D eigenvalue weighted by atomic mass is 35.5. The van der Waals surface area contributed by atoms with Crippen LogP contribution in [0.5, 0.6) is 0 Å². The molecule has 3 nitrogen and oxygen atoms in total. The molecule has 0 aliphatic heterocycles. The lowest BCUT2D eigenvalue weighted by Crippen LogP contribution is -1.83. The molecule has 0 fully saturated rings. The number of aromatic nitrogens is 2. The van der Waals surface area contributed by atoms with Crippen molar-refractivity contribution >= 4 is 30.5 Å². The van der Waals surface area contributed by atoms with Gasteiger partial charge in [0.1, 0.15) is 0 Å². The van der Waals surface area contributed by atoms with Crippen LogP contribution < -0.4 is 5.73 Å². The van der Waals surface area contributed by atoms with Gasteiger partial charge in [-0.3, -0.25) is 5.10 Å². The van der Waals surface area contributed by atoms with E-state index in [2.05, 4.69) is 10.2 Å². The molecule has 2 rings (SSSR count). The van der Waals surface area contributed by atoms with Crippen LogP contribution in [0.15, 0.2) is 36.7 Å². The van der Waals surface area contributed by atoms with Gasteiger partial charge in [0, 0.05) is 17.4 Å². The molecule has 0 aliphatic rings. The quantitative estimate of drug-likeness (QED) is 0.742. The van der Waals surface area contributed by atoms with Crippen molar-refractivity contribution in [1.82, 2.24) is 10.2 Å². The van der Waals surface area contributed by atoms with E-state index < -0.39 is 0 Å². The van der Waals surface area contributed by atoms with Crippen LogP contribution in [0.2, 0.25) is 0 Å². The number of aromatic amines is 1. The number of hydrogen-bond donors (Lipinski definition) is 2. The number of nitrogen functional groups attached to an aromatic ring is 1. The summed E-state index contributed by atoms with van der Waals surface area (Å²) in [5.41, 5.74) is 8.55. The second-order valence-electron chi connectivity index (χ2n) is 2.61. The zero-order valence-electron chi connectivity index (χ0n) is 7.31. The van der Waals surface area contributed by atoms with E-state index in [0.717, 1.165) is 16.8 Å². The van der Waals surface area contributed by atoms with Crippen molar-refractivity contribution in [3.05, 3.63) is 36.7 Å². The summed E-state index contributed by atoms with van der Waals surface area (Å²) in [4.78, 5) is 0. The normalized spacial score (nSPS) is 8.57. The second-order valence-corrected chi connectivity index (χ2v) is 2.61. The lowest BCUT2D eigenvalue weighted by atomic mass is 10.1. The minimum atomic E-state index is 0. The van der Waals surface area contributed by atoms with Gasteiger partial charge in [-0.15, -0.1) is 24.8 Å². The molecule has 0 saturated carbocycles. The minimum Gasteiger partial charge on any atom is -0.399 e. The van der Waals surface area contributed by atoms with E-state index >= 15 is 0 Å². The average molecular weight is 232 g/mol. The predicted molar refractivity (Wildman–Crippen MR) is 62.9 cm³/mol. The lowest BCUT2D eigenvalue weighted by molar-refractivity contribution is 1.09. The summed E-state index contributed by atoms with van der Waals surface area (Å²) >= 11 is 0. The Labute approximate surface area is 94.5 Å². The molecule has 0 bridgehead atoms. The molecule has 0 radical (unpaired) electrons. The number of halogens is 2. The topological polar surface area (TPSA) is 54.7 Å². The number of H-pyrrole nitrogens is 1. The van der Waals surface area contributed by atoms with Crippen molar-refractivity contribution in [3.8, 4) is 11.1 Å². The van der Waals surface area contributed by atoms with Gasteiger partial charge in [-0.25, -0.2) is 0 Å². The van der Waals surface area contributed by atoms with Crippen LogP contribution in [0.1, 0.15) is 0 Å². The van der Waals surface area contributed by atoms with Crippen molar-refractivity contribution in [2.24, 2.45) is 0 Å². The molecule has 0 aliphatic carbocycles. The Morgan fingerprint density at radius 2 is 1.93 bits per heavy atom. The van der Waals surface area contributed by atoms with Crippen molar-refractivity contribution < 1.29 is 0 Å². The van der Waals surface area contributed by atoms with Crippen molar-refractivity contribution in [2.45, 2.75) is 0 Å². The molecule has 3 N–H and O–H groups in total. The number of rotatable bonds is 1. The monoisotopic (exact) mass is 231 g/mol. The van der Waals surface area contributed by atoms with E-state index in [0.29, 0.717) is 0 Å². The van der Waals surface area contributed by atoms with Crippen LogP contribution in [0.4, 0.5) is 5.69 Å². The second kappa shape index (κ2) is 5.52. The number of nitrogens with two attached hydrogens (primary N) is 1. The highest BCUT2D eigenvalue weighted by Gasteiger charge is 1.97. The van der Waals surface area contributed by atoms with Crippen LogP contribution in [-0.4, -0.2) is 10.2 Å². The van der Waals surface area contributed by atoms with E-state index in [-0.39, 0.29) is 24.8 Å². The molecule has 5 heteroatoms. The Morgan fingerprint density at radius 3 is 2.50 bits per heavy atom. The van der Waals surface area contributed by atoms with Crippen LogP contribution >= 0.6 is 24.8 Å². The molecular formula is C9H11Cl2N3. The number of nitrogens with one attached hydrogen (secondary N) is 1. The third-order valence-electron chi connectivity index (χ3n) is 1.72. The van der Waals surface area contributed by atoms with Gasteiger partial charge < -0.3 is 5.73 Å². The summed E-state index contributed by atoms with van der Waals surface area (Å²) in [6.07, 6.45) is 3.61. The molecule has 2 aromatic rings. The molecule has 1 aromatic carbocycles. The highest BCUT2D eigenvalue weighted by molar-refractivity contribution is 5.85. The first-order valence-electron chi connectivity index (χ1n) is 3.71. The molecule has 0 amide bonds. The Morgan fingerprint density at radius 1 is 1.14 bits per heavy atom. The summed E-state index contributed by atoms with van der Waals surface area (Å²) in [7, 11) is 0. The highest BCUT2D eigenvalue weighted by Crippen LogP contribution is 2.19. The van der Waals surface area contributed by atoms with Crippen LogP contribution in [0.25, 0.3) is 11.1 Å². The van der Waals surface area contributed by atoms with Gasteiger partial charge in [0.2, 0.25) is 0 Å². The number of benzene rings is 1. The zero-order chi connectivity index (χ0) is 8.39. The maximum Gasteiger partial charge on any atom is 0.0565 e. The van der Waals surface area contributed by atoms with Crippen molar-refractivity contribution in [2.75, 3.05) is 5.73 Å².